The molecule has 0 heterocycles. The molecule has 0 saturated heterocycles. The van der Waals surface area contributed by atoms with Gasteiger partial charge in [0.2, 0.25) is 5.91 Å². The van der Waals surface area contributed by atoms with Crippen LogP contribution in [0.15, 0.2) is 59.5 Å². The number of nitrogens with one attached hydrogen (secondary N) is 1. The Morgan fingerprint density at radius 1 is 1.08 bits per heavy atom. The van der Waals surface area contributed by atoms with Gasteiger partial charge in [-0.05, 0) is 57.0 Å². The highest BCUT2D eigenvalue weighted by molar-refractivity contribution is 7.92. The maximum atomic E-state index is 13.2. The van der Waals surface area contributed by atoms with E-state index in [0.717, 1.165) is 16.3 Å². The van der Waals surface area contributed by atoms with Crippen molar-refractivity contribution in [1.82, 2.24) is 5.32 Å². The molecule has 1 amide bonds. The zero-order valence-electron chi connectivity index (χ0n) is 15.7. The number of anilines is 1. The van der Waals surface area contributed by atoms with E-state index < -0.39 is 15.6 Å². The molecule has 0 unspecified atom stereocenters. The lowest BCUT2D eigenvalue weighted by atomic mass is 10.0. The largest absolute Gasteiger partial charge is 0.350 e. The molecule has 0 saturated carbocycles. The Bertz CT molecular complexity index is 862. The minimum absolute atomic E-state index is 0.157. The Balaban J connectivity index is 2.42. The maximum absolute atomic E-state index is 13.2. The molecular formula is C20H26N2O3S. The third kappa shape index (κ3) is 4.85. The zero-order chi connectivity index (χ0) is 19.4. The summed E-state index contributed by atoms with van der Waals surface area (Å²) in [6.45, 7) is 7.40. The lowest BCUT2D eigenvalue weighted by molar-refractivity contribution is -0.121. The molecule has 140 valence electrons. The average Bonchev–Trinajstić information content (AvgIpc) is 2.60. The van der Waals surface area contributed by atoms with Gasteiger partial charge in [0.1, 0.15) is 6.54 Å². The van der Waals surface area contributed by atoms with E-state index in [4.69, 9.17) is 0 Å². The second kappa shape index (κ2) is 7.91. The van der Waals surface area contributed by atoms with Gasteiger partial charge in [0.15, 0.2) is 0 Å². The predicted octanol–water partition coefficient (Wildman–Crippen LogP) is 3.50. The molecule has 0 aliphatic carbocycles. The molecule has 0 bridgehead atoms. The molecule has 0 radical (unpaired) electrons. The predicted molar refractivity (Wildman–Crippen MR) is 105 cm³/mol. The first kappa shape index (κ1) is 20.0. The third-order valence-corrected chi connectivity index (χ3v) is 6.06. The Morgan fingerprint density at radius 2 is 1.73 bits per heavy atom. The molecule has 6 heteroatoms. The number of hydrogen-bond acceptors (Lipinski definition) is 3. The van der Waals surface area contributed by atoms with Crippen molar-refractivity contribution in [2.75, 3.05) is 10.8 Å². The van der Waals surface area contributed by atoms with E-state index in [1.165, 1.54) is 12.1 Å². The monoisotopic (exact) mass is 374 g/mol. The van der Waals surface area contributed by atoms with Crippen molar-refractivity contribution >= 4 is 21.6 Å². The standard InChI is InChI=1S/C20H26N2O3S/c1-5-20(3,4)21-19(23)15-22(17-11-9-10-16(2)14-17)26(24,25)18-12-7-6-8-13-18/h6-14H,5,15H2,1-4H3,(H,21,23). The minimum atomic E-state index is -3.86. The second-order valence-electron chi connectivity index (χ2n) is 6.95. The van der Waals surface area contributed by atoms with E-state index in [2.05, 4.69) is 5.32 Å². The number of aryl methyl sites for hydroxylation is 1. The fourth-order valence-corrected chi connectivity index (χ4v) is 3.89. The molecule has 0 aliphatic rings. The van der Waals surface area contributed by atoms with Gasteiger partial charge in [0, 0.05) is 5.54 Å². The van der Waals surface area contributed by atoms with Crippen molar-refractivity contribution in [3.63, 3.8) is 0 Å². The number of hydrogen-bond donors (Lipinski definition) is 1. The van der Waals surface area contributed by atoms with Gasteiger partial charge in [0.05, 0.1) is 10.6 Å². The molecule has 5 nitrogen and oxygen atoms in total. The van der Waals surface area contributed by atoms with Gasteiger partial charge in [-0.3, -0.25) is 9.10 Å². The summed E-state index contributed by atoms with van der Waals surface area (Å²) in [5.74, 6) is -0.335. The number of benzene rings is 2. The Hall–Kier alpha value is -2.34. The molecule has 2 rings (SSSR count). The van der Waals surface area contributed by atoms with E-state index in [9.17, 15) is 13.2 Å². The van der Waals surface area contributed by atoms with Crippen LogP contribution in [0.25, 0.3) is 0 Å². The first-order valence-electron chi connectivity index (χ1n) is 8.61. The molecule has 0 fully saturated rings. The van der Waals surface area contributed by atoms with Gasteiger partial charge in [-0.15, -0.1) is 0 Å². The Kier molecular flexibility index (Phi) is 6.08. The van der Waals surface area contributed by atoms with E-state index in [1.54, 1.807) is 36.4 Å². The SMILES string of the molecule is CCC(C)(C)NC(=O)CN(c1cccc(C)c1)S(=O)(=O)c1ccccc1. The first-order chi connectivity index (χ1) is 12.2. The number of sulfonamides is 1. The third-order valence-electron chi connectivity index (χ3n) is 4.27. The van der Waals surface area contributed by atoms with E-state index in [-0.39, 0.29) is 17.3 Å². The highest BCUT2D eigenvalue weighted by atomic mass is 32.2. The highest BCUT2D eigenvalue weighted by Gasteiger charge is 2.28. The van der Waals surface area contributed by atoms with Crippen molar-refractivity contribution in [2.45, 2.75) is 44.6 Å². The van der Waals surface area contributed by atoms with Crippen molar-refractivity contribution < 1.29 is 13.2 Å². The number of nitrogens with zero attached hydrogens (tertiary/aromatic N) is 1. The van der Waals surface area contributed by atoms with Crippen LogP contribution in [0.3, 0.4) is 0 Å². The van der Waals surface area contributed by atoms with Crippen LogP contribution < -0.4 is 9.62 Å². The number of carbonyl (C=O) groups excluding carboxylic acids is 1. The van der Waals surface area contributed by atoms with Crippen molar-refractivity contribution in [2.24, 2.45) is 0 Å². The molecule has 2 aromatic rings. The summed E-state index contributed by atoms with van der Waals surface area (Å²) >= 11 is 0. The van der Waals surface area contributed by atoms with Crippen LogP contribution in [0.1, 0.15) is 32.8 Å². The Labute approximate surface area is 156 Å². The summed E-state index contributed by atoms with van der Waals surface area (Å²) in [5, 5.41) is 2.90. The minimum Gasteiger partial charge on any atom is -0.350 e. The fraction of sp³-hybridized carbons (Fsp3) is 0.350. The van der Waals surface area contributed by atoms with Gasteiger partial charge in [-0.1, -0.05) is 37.3 Å². The first-order valence-corrected chi connectivity index (χ1v) is 10.1. The second-order valence-corrected chi connectivity index (χ2v) is 8.81. The number of amides is 1. The fourth-order valence-electron chi connectivity index (χ4n) is 2.45. The lowest BCUT2D eigenvalue weighted by Crippen LogP contribution is -2.48. The molecule has 26 heavy (non-hydrogen) atoms. The van der Waals surface area contributed by atoms with Gasteiger partial charge < -0.3 is 5.32 Å². The summed E-state index contributed by atoms with van der Waals surface area (Å²) in [5.41, 5.74) is 0.995. The molecule has 0 atom stereocenters. The van der Waals surface area contributed by atoms with Gasteiger partial charge in [0.25, 0.3) is 10.0 Å². The normalized spacial score (nSPS) is 11.8. The van der Waals surface area contributed by atoms with Gasteiger partial charge >= 0.3 is 0 Å². The van der Waals surface area contributed by atoms with Gasteiger partial charge in [-0.2, -0.15) is 0 Å². The zero-order valence-corrected chi connectivity index (χ0v) is 16.5. The Morgan fingerprint density at radius 3 is 2.31 bits per heavy atom. The van der Waals surface area contributed by atoms with Crippen LogP contribution in [-0.4, -0.2) is 26.4 Å². The highest BCUT2D eigenvalue weighted by Crippen LogP contribution is 2.24. The summed E-state index contributed by atoms with van der Waals surface area (Å²) in [7, 11) is -3.86. The van der Waals surface area contributed by atoms with Gasteiger partial charge in [-0.25, -0.2) is 8.42 Å². The van der Waals surface area contributed by atoms with E-state index in [1.807, 2.05) is 33.8 Å². The van der Waals surface area contributed by atoms with Crippen LogP contribution in [0.4, 0.5) is 5.69 Å². The molecule has 0 aromatic heterocycles. The van der Waals surface area contributed by atoms with E-state index in [0.29, 0.717) is 5.69 Å². The summed E-state index contributed by atoms with van der Waals surface area (Å²) in [6.07, 6.45) is 0.745. The molecule has 0 aliphatic heterocycles. The van der Waals surface area contributed by atoms with Crippen LogP contribution >= 0.6 is 0 Å². The molecule has 0 spiro atoms. The molecule has 1 N–H and O–H groups in total. The summed E-state index contributed by atoms with van der Waals surface area (Å²) in [6, 6.07) is 15.3. The maximum Gasteiger partial charge on any atom is 0.264 e. The van der Waals surface area contributed by atoms with Crippen molar-refractivity contribution in [1.29, 1.82) is 0 Å². The van der Waals surface area contributed by atoms with Crippen molar-refractivity contribution in [3.05, 3.63) is 60.2 Å². The lowest BCUT2D eigenvalue weighted by Gasteiger charge is -2.28. The smallest absolute Gasteiger partial charge is 0.264 e. The van der Waals surface area contributed by atoms with Crippen LogP contribution in [0.5, 0.6) is 0 Å². The summed E-state index contributed by atoms with van der Waals surface area (Å²) in [4.78, 5) is 12.7. The quantitative estimate of drug-likeness (QED) is 0.807. The topological polar surface area (TPSA) is 66.5 Å². The van der Waals surface area contributed by atoms with Crippen molar-refractivity contribution in [3.8, 4) is 0 Å². The average molecular weight is 375 g/mol. The number of rotatable bonds is 7. The summed E-state index contributed by atoms with van der Waals surface area (Å²) < 4.78 is 27.5. The molecule has 2 aromatic carbocycles. The van der Waals surface area contributed by atoms with Crippen LogP contribution in [0, 0.1) is 6.92 Å². The van der Waals surface area contributed by atoms with Crippen LogP contribution in [-0.2, 0) is 14.8 Å². The van der Waals surface area contributed by atoms with E-state index >= 15 is 0 Å². The molecular weight excluding hydrogens is 348 g/mol. The van der Waals surface area contributed by atoms with Crippen LogP contribution in [0.2, 0.25) is 0 Å². The number of carbonyl (C=O) groups is 1.